The molecule has 0 spiro atoms. The number of hydrogen-bond acceptors (Lipinski definition) is 5. The van der Waals surface area contributed by atoms with Gasteiger partial charge in [0.25, 0.3) is 5.91 Å². The monoisotopic (exact) mass is 418 g/mol. The molecule has 0 bridgehead atoms. The van der Waals surface area contributed by atoms with Crippen LogP contribution in [0.2, 0.25) is 0 Å². The van der Waals surface area contributed by atoms with Crippen molar-refractivity contribution in [3.8, 4) is 5.75 Å². The molecular formula is C23H18N2O4S. The number of aromatic nitrogens is 1. The number of pyridine rings is 1. The first kappa shape index (κ1) is 19.6. The van der Waals surface area contributed by atoms with E-state index in [1.165, 1.54) is 37.4 Å². The number of ether oxygens (including phenoxy) is 1. The van der Waals surface area contributed by atoms with Crippen molar-refractivity contribution in [2.45, 2.75) is 9.79 Å². The predicted molar refractivity (Wildman–Crippen MR) is 115 cm³/mol. The number of hydrogen-bond donors (Lipinski definition) is 1. The Kier molecular flexibility index (Phi) is 5.20. The highest BCUT2D eigenvalue weighted by Gasteiger charge is 2.22. The van der Waals surface area contributed by atoms with Crippen LogP contribution in [0.4, 0.5) is 5.69 Å². The van der Waals surface area contributed by atoms with Gasteiger partial charge in [-0.15, -0.1) is 0 Å². The molecule has 4 aromatic rings. The molecule has 0 aliphatic carbocycles. The molecule has 0 saturated heterocycles. The van der Waals surface area contributed by atoms with E-state index < -0.39 is 15.7 Å². The van der Waals surface area contributed by atoms with E-state index in [1.807, 2.05) is 30.3 Å². The Morgan fingerprint density at radius 3 is 2.40 bits per heavy atom. The molecule has 3 aromatic carbocycles. The van der Waals surface area contributed by atoms with Gasteiger partial charge < -0.3 is 10.1 Å². The Hall–Kier alpha value is -3.71. The van der Waals surface area contributed by atoms with Crippen molar-refractivity contribution in [3.63, 3.8) is 0 Å². The first-order valence-corrected chi connectivity index (χ1v) is 10.6. The predicted octanol–water partition coefficient (Wildman–Crippen LogP) is 4.33. The van der Waals surface area contributed by atoms with Gasteiger partial charge in [0.1, 0.15) is 16.3 Å². The molecule has 4 rings (SSSR count). The fraction of sp³-hybridized carbons (Fsp3) is 0.0435. The van der Waals surface area contributed by atoms with Crippen LogP contribution in [0.15, 0.2) is 94.7 Å². The zero-order valence-electron chi connectivity index (χ0n) is 16.1. The van der Waals surface area contributed by atoms with Gasteiger partial charge in [0.05, 0.1) is 17.5 Å². The minimum atomic E-state index is -3.75. The van der Waals surface area contributed by atoms with Gasteiger partial charge in [-0.3, -0.25) is 4.79 Å². The summed E-state index contributed by atoms with van der Waals surface area (Å²) in [5.74, 6) is -0.260. The van der Waals surface area contributed by atoms with Gasteiger partial charge in [0.2, 0.25) is 9.84 Å². The summed E-state index contributed by atoms with van der Waals surface area (Å²) in [4.78, 5) is 17.2. The molecular weight excluding hydrogens is 400 g/mol. The van der Waals surface area contributed by atoms with Gasteiger partial charge in [0.15, 0.2) is 0 Å². The summed E-state index contributed by atoms with van der Waals surface area (Å²) in [6.07, 6.45) is 0. The smallest absolute Gasteiger partial charge is 0.274 e. The van der Waals surface area contributed by atoms with E-state index in [0.29, 0.717) is 11.2 Å². The average Bonchev–Trinajstić information content (AvgIpc) is 2.79. The second-order valence-electron chi connectivity index (χ2n) is 6.53. The van der Waals surface area contributed by atoms with Crippen molar-refractivity contribution in [2.75, 3.05) is 12.4 Å². The van der Waals surface area contributed by atoms with Crippen LogP contribution in [-0.4, -0.2) is 26.4 Å². The van der Waals surface area contributed by atoms with Crippen LogP contribution in [0.25, 0.3) is 10.9 Å². The lowest BCUT2D eigenvalue weighted by Crippen LogP contribution is -2.14. The third-order valence-corrected chi connectivity index (χ3v) is 6.40. The standard InChI is InChI=1S/C23H18N2O4S/c1-29-21-15-17(12-14-22(21)30(27,28)18-8-3-2-4-9-18)24-23(26)20-13-11-16-7-5-6-10-19(16)25-20/h2-15H,1H3,(H,24,26). The molecule has 0 aliphatic rings. The van der Waals surface area contributed by atoms with Gasteiger partial charge >= 0.3 is 0 Å². The largest absolute Gasteiger partial charge is 0.495 e. The fourth-order valence-electron chi connectivity index (χ4n) is 3.08. The summed E-state index contributed by atoms with van der Waals surface area (Å²) in [6, 6.07) is 23.5. The lowest BCUT2D eigenvalue weighted by molar-refractivity contribution is 0.102. The Morgan fingerprint density at radius 1 is 0.900 bits per heavy atom. The highest BCUT2D eigenvalue weighted by Crippen LogP contribution is 2.32. The number of methoxy groups -OCH3 is 1. The summed E-state index contributed by atoms with van der Waals surface area (Å²) >= 11 is 0. The number of para-hydroxylation sites is 1. The Bertz CT molecular complexity index is 1340. The second kappa shape index (κ2) is 7.96. The molecule has 7 heteroatoms. The van der Waals surface area contributed by atoms with E-state index in [1.54, 1.807) is 24.3 Å². The van der Waals surface area contributed by atoms with Crippen LogP contribution in [-0.2, 0) is 9.84 Å². The molecule has 0 atom stereocenters. The maximum atomic E-state index is 12.9. The van der Waals surface area contributed by atoms with Crippen molar-refractivity contribution in [1.82, 2.24) is 4.98 Å². The molecule has 150 valence electrons. The molecule has 1 N–H and O–H groups in total. The second-order valence-corrected chi connectivity index (χ2v) is 8.44. The van der Waals surface area contributed by atoms with Crippen molar-refractivity contribution in [2.24, 2.45) is 0 Å². The number of carbonyl (C=O) groups excluding carboxylic acids is 1. The maximum absolute atomic E-state index is 12.9. The van der Waals surface area contributed by atoms with E-state index in [0.717, 1.165) is 5.39 Å². The first-order valence-electron chi connectivity index (χ1n) is 9.14. The highest BCUT2D eigenvalue weighted by molar-refractivity contribution is 7.91. The summed E-state index contributed by atoms with van der Waals surface area (Å²) < 4.78 is 31.1. The first-order chi connectivity index (χ1) is 14.5. The van der Waals surface area contributed by atoms with Gasteiger partial charge in [0, 0.05) is 17.1 Å². The lowest BCUT2D eigenvalue weighted by Gasteiger charge is -2.12. The third kappa shape index (κ3) is 3.75. The number of rotatable bonds is 5. The zero-order chi connectivity index (χ0) is 21.1. The summed E-state index contributed by atoms with van der Waals surface area (Å²) in [7, 11) is -2.37. The normalized spacial score (nSPS) is 11.2. The molecule has 0 saturated carbocycles. The molecule has 6 nitrogen and oxygen atoms in total. The maximum Gasteiger partial charge on any atom is 0.274 e. The number of nitrogens with one attached hydrogen (secondary N) is 1. The number of sulfone groups is 1. The molecule has 0 radical (unpaired) electrons. The number of amides is 1. The molecule has 1 amide bonds. The van der Waals surface area contributed by atoms with Crippen LogP contribution in [0, 0.1) is 0 Å². The van der Waals surface area contributed by atoms with Gasteiger partial charge in [-0.2, -0.15) is 0 Å². The number of benzene rings is 3. The van der Waals surface area contributed by atoms with Crippen molar-refractivity contribution < 1.29 is 17.9 Å². The van der Waals surface area contributed by atoms with E-state index in [4.69, 9.17) is 4.74 Å². The zero-order valence-corrected chi connectivity index (χ0v) is 16.9. The molecule has 0 aliphatic heterocycles. The Morgan fingerprint density at radius 2 is 1.63 bits per heavy atom. The SMILES string of the molecule is COc1cc(NC(=O)c2ccc3ccccc3n2)ccc1S(=O)(=O)c1ccccc1. The van der Waals surface area contributed by atoms with Gasteiger partial charge in [-0.1, -0.05) is 42.5 Å². The third-order valence-electron chi connectivity index (χ3n) is 4.60. The average molecular weight is 418 g/mol. The molecule has 1 heterocycles. The molecule has 0 unspecified atom stereocenters. The summed E-state index contributed by atoms with van der Waals surface area (Å²) in [5, 5.41) is 3.68. The summed E-state index contributed by atoms with van der Waals surface area (Å²) in [5.41, 5.74) is 1.37. The molecule has 0 fully saturated rings. The van der Waals surface area contributed by atoms with E-state index >= 15 is 0 Å². The van der Waals surface area contributed by atoms with E-state index in [-0.39, 0.29) is 21.2 Å². The number of anilines is 1. The minimum absolute atomic E-state index is 0.0260. The lowest BCUT2D eigenvalue weighted by atomic mass is 10.2. The van der Waals surface area contributed by atoms with Crippen molar-refractivity contribution in [3.05, 3.63) is 90.6 Å². The Labute approximate surface area is 174 Å². The fourth-order valence-corrected chi connectivity index (χ4v) is 4.51. The quantitative estimate of drug-likeness (QED) is 0.521. The minimum Gasteiger partial charge on any atom is -0.495 e. The van der Waals surface area contributed by atoms with Crippen LogP contribution in [0.1, 0.15) is 10.5 Å². The summed E-state index contributed by atoms with van der Waals surface area (Å²) in [6.45, 7) is 0. The number of fused-ring (bicyclic) bond motifs is 1. The van der Waals surface area contributed by atoms with Crippen molar-refractivity contribution >= 4 is 32.3 Å². The van der Waals surface area contributed by atoms with Crippen LogP contribution >= 0.6 is 0 Å². The van der Waals surface area contributed by atoms with Crippen molar-refractivity contribution in [1.29, 1.82) is 0 Å². The molecule has 1 aromatic heterocycles. The number of carbonyl (C=O) groups is 1. The highest BCUT2D eigenvalue weighted by atomic mass is 32.2. The van der Waals surface area contributed by atoms with E-state index in [2.05, 4.69) is 10.3 Å². The topological polar surface area (TPSA) is 85.4 Å². The van der Waals surface area contributed by atoms with Crippen LogP contribution in [0.5, 0.6) is 5.75 Å². The Balaban J connectivity index is 1.63. The van der Waals surface area contributed by atoms with Gasteiger partial charge in [-0.25, -0.2) is 13.4 Å². The van der Waals surface area contributed by atoms with E-state index in [9.17, 15) is 13.2 Å². The van der Waals surface area contributed by atoms with Crippen LogP contribution < -0.4 is 10.1 Å². The van der Waals surface area contributed by atoms with Crippen LogP contribution in [0.3, 0.4) is 0 Å². The number of nitrogens with zero attached hydrogens (tertiary/aromatic N) is 1. The molecule has 30 heavy (non-hydrogen) atoms. The van der Waals surface area contributed by atoms with Gasteiger partial charge in [-0.05, 0) is 36.4 Å².